The molecule has 2 unspecified atom stereocenters. The van der Waals surface area contributed by atoms with Gasteiger partial charge in [0.2, 0.25) is 0 Å². The fourth-order valence-corrected chi connectivity index (χ4v) is 3.05. The minimum Gasteiger partial charge on any atom is -0.469 e. The van der Waals surface area contributed by atoms with Crippen LogP contribution in [0.4, 0.5) is 0 Å². The van der Waals surface area contributed by atoms with Crippen LogP contribution >= 0.6 is 0 Å². The number of hydrogen-bond acceptors (Lipinski definition) is 4. The third kappa shape index (κ3) is 4.83. The number of nitrogens with zero attached hydrogens (tertiary/aromatic N) is 1. The molecule has 116 valence electrons. The fourth-order valence-electron chi connectivity index (χ4n) is 3.05. The average Bonchev–Trinajstić information content (AvgIpc) is 2.53. The largest absolute Gasteiger partial charge is 0.469 e. The smallest absolute Gasteiger partial charge is 0.314 e. The summed E-state index contributed by atoms with van der Waals surface area (Å²) in [4.78, 5) is 14.3. The van der Waals surface area contributed by atoms with E-state index in [0.717, 1.165) is 25.2 Å². The molecule has 0 amide bonds. The van der Waals surface area contributed by atoms with Crippen molar-refractivity contribution < 1.29 is 9.53 Å². The van der Waals surface area contributed by atoms with Crippen LogP contribution in [0.15, 0.2) is 30.3 Å². The lowest BCUT2D eigenvalue weighted by atomic mass is 9.96. The van der Waals surface area contributed by atoms with Crippen molar-refractivity contribution in [2.75, 3.05) is 40.3 Å². The highest BCUT2D eigenvalue weighted by Crippen LogP contribution is 2.19. The summed E-state index contributed by atoms with van der Waals surface area (Å²) in [5, 5.41) is 3.44. The van der Waals surface area contributed by atoms with Crippen molar-refractivity contribution in [3.63, 3.8) is 0 Å². The Morgan fingerprint density at radius 1 is 1.43 bits per heavy atom. The number of piperidine rings is 1. The van der Waals surface area contributed by atoms with E-state index in [0.29, 0.717) is 12.5 Å². The molecule has 1 saturated heterocycles. The van der Waals surface area contributed by atoms with Gasteiger partial charge in [0, 0.05) is 13.1 Å². The van der Waals surface area contributed by atoms with E-state index in [1.807, 2.05) is 30.3 Å². The molecule has 0 aliphatic carbocycles. The number of rotatable bonds is 6. The van der Waals surface area contributed by atoms with Crippen molar-refractivity contribution in [1.29, 1.82) is 0 Å². The molecule has 0 bridgehead atoms. The van der Waals surface area contributed by atoms with Gasteiger partial charge in [-0.05, 0) is 44.5 Å². The Hall–Kier alpha value is -1.39. The zero-order valence-electron chi connectivity index (χ0n) is 13.0. The lowest BCUT2D eigenvalue weighted by molar-refractivity contribution is -0.142. The summed E-state index contributed by atoms with van der Waals surface area (Å²) in [6, 6.07) is 9.90. The second kappa shape index (κ2) is 8.15. The Bertz CT molecular complexity index is 430. The number of ether oxygens (including phenoxy) is 1. The van der Waals surface area contributed by atoms with Gasteiger partial charge < -0.3 is 15.0 Å². The van der Waals surface area contributed by atoms with Gasteiger partial charge >= 0.3 is 5.97 Å². The van der Waals surface area contributed by atoms with Crippen LogP contribution in [0.1, 0.15) is 24.3 Å². The van der Waals surface area contributed by atoms with Gasteiger partial charge in [0.05, 0.1) is 13.0 Å². The van der Waals surface area contributed by atoms with E-state index in [1.165, 1.54) is 20.0 Å². The first-order valence-electron chi connectivity index (χ1n) is 7.72. The van der Waals surface area contributed by atoms with Crippen molar-refractivity contribution >= 4 is 5.97 Å². The highest BCUT2D eigenvalue weighted by molar-refractivity contribution is 5.78. The van der Waals surface area contributed by atoms with Crippen LogP contribution in [0.3, 0.4) is 0 Å². The normalized spacial score (nSPS) is 20.2. The Kier molecular flexibility index (Phi) is 6.21. The first-order valence-corrected chi connectivity index (χ1v) is 7.72. The number of methoxy groups -OCH3 is 1. The maximum Gasteiger partial charge on any atom is 0.314 e. The van der Waals surface area contributed by atoms with E-state index in [1.54, 1.807) is 0 Å². The molecule has 0 spiro atoms. The number of benzene rings is 1. The Morgan fingerprint density at radius 3 is 2.81 bits per heavy atom. The summed E-state index contributed by atoms with van der Waals surface area (Å²) in [7, 11) is 3.55. The van der Waals surface area contributed by atoms with Crippen LogP contribution in [0.5, 0.6) is 0 Å². The van der Waals surface area contributed by atoms with Gasteiger partial charge in [-0.1, -0.05) is 30.3 Å². The zero-order chi connectivity index (χ0) is 15.1. The number of esters is 1. The topological polar surface area (TPSA) is 41.6 Å². The third-order valence-corrected chi connectivity index (χ3v) is 4.15. The van der Waals surface area contributed by atoms with Crippen LogP contribution in [0.2, 0.25) is 0 Å². The summed E-state index contributed by atoms with van der Waals surface area (Å²) in [6.07, 6.45) is 2.52. The molecule has 1 aliphatic rings. The molecule has 2 atom stereocenters. The quantitative estimate of drug-likeness (QED) is 0.812. The van der Waals surface area contributed by atoms with Crippen molar-refractivity contribution in [3.8, 4) is 0 Å². The van der Waals surface area contributed by atoms with Gasteiger partial charge in [0.25, 0.3) is 0 Å². The molecule has 1 fully saturated rings. The van der Waals surface area contributed by atoms with Crippen LogP contribution in [0.25, 0.3) is 0 Å². The standard InChI is InChI=1S/C17H26N2O2/c1-19(12-14-7-6-10-18-11-14)13-16(17(20)21-2)15-8-4-3-5-9-15/h3-5,8-9,14,16,18H,6-7,10-13H2,1-2H3. The summed E-state index contributed by atoms with van der Waals surface area (Å²) in [5.41, 5.74) is 1.03. The van der Waals surface area contributed by atoms with Crippen LogP contribution in [-0.2, 0) is 9.53 Å². The minimum atomic E-state index is -0.210. The number of likely N-dealkylation sites (N-methyl/N-ethyl adjacent to an activating group) is 1. The predicted molar refractivity (Wildman–Crippen MR) is 84.3 cm³/mol. The second-order valence-corrected chi connectivity index (χ2v) is 5.92. The van der Waals surface area contributed by atoms with E-state index in [2.05, 4.69) is 17.3 Å². The van der Waals surface area contributed by atoms with Gasteiger partial charge in [0.15, 0.2) is 0 Å². The molecule has 2 rings (SSSR count). The van der Waals surface area contributed by atoms with Crippen molar-refractivity contribution in [2.24, 2.45) is 5.92 Å². The molecule has 1 N–H and O–H groups in total. The number of nitrogens with one attached hydrogen (secondary N) is 1. The van der Waals surface area contributed by atoms with E-state index in [4.69, 9.17) is 4.74 Å². The first-order chi connectivity index (χ1) is 10.2. The van der Waals surface area contributed by atoms with E-state index < -0.39 is 0 Å². The summed E-state index contributed by atoms with van der Waals surface area (Å²) in [6.45, 7) is 3.94. The molecule has 4 nitrogen and oxygen atoms in total. The number of hydrogen-bond donors (Lipinski definition) is 1. The van der Waals surface area contributed by atoms with E-state index in [9.17, 15) is 4.79 Å². The zero-order valence-corrected chi connectivity index (χ0v) is 13.0. The van der Waals surface area contributed by atoms with Crippen LogP contribution in [0, 0.1) is 5.92 Å². The summed E-state index contributed by atoms with van der Waals surface area (Å²) in [5.74, 6) is 0.311. The van der Waals surface area contributed by atoms with Crippen molar-refractivity contribution in [2.45, 2.75) is 18.8 Å². The minimum absolute atomic E-state index is 0.158. The molecule has 1 heterocycles. The molecule has 0 saturated carbocycles. The monoisotopic (exact) mass is 290 g/mol. The molecule has 1 aromatic carbocycles. The van der Waals surface area contributed by atoms with Gasteiger partial charge in [0.1, 0.15) is 0 Å². The fraction of sp³-hybridized carbons (Fsp3) is 0.588. The molecular weight excluding hydrogens is 264 g/mol. The molecule has 21 heavy (non-hydrogen) atoms. The first kappa shape index (κ1) is 16.0. The second-order valence-electron chi connectivity index (χ2n) is 5.92. The van der Waals surface area contributed by atoms with Crippen molar-refractivity contribution in [1.82, 2.24) is 10.2 Å². The van der Waals surface area contributed by atoms with E-state index >= 15 is 0 Å². The van der Waals surface area contributed by atoms with Gasteiger partial charge in [-0.2, -0.15) is 0 Å². The van der Waals surface area contributed by atoms with E-state index in [-0.39, 0.29) is 11.9 Å². The third-order valence-electron chi connectivity index (χ3n) is 4.15. The maximum absolute atomic E-state index is 12.1. The van der Waals surface area contributed by atoms with Crippen LogP contribution in [-0.4, -0.2) is 51.2 Å². The predicted octanol–water partition coefficient (Wildman–Crippen LogP) is 1.87. The molecule has 0 aromatic heterocycles. The number of carbonyl (C=O) groups is 1. The highest BCUT2D eigenvalue weighted by Gasteiger charge is 2.24. The Labute approximate surface area is 127 Å². The lowest BCUT2D eigenvalue weighted by Crippen LogP contribution is -2.39. The molecule has 0 radical (unpaired) electrons. The van der Waals surface area contributed by atoms with Gasteiger partial charge in [-0.15, -0.1) is 0 Å². The molecule has 4 heteroatoms. The average molecular weight is 290 g/mol. The number of carbonyl (C=O) groups excluding carboxylic acids is 1. The summed E-state index contributed by atoms with van der Waals surface area (Å²) >= 11 is 0. The SMILES string of the molecule is COC(=O)C(CN(C)CC1CCCNC1)c1ccccc1. The summed E-state index contributed by atoms with van der Waals surface area (Å²) < 4.78 is 4.98. The Morgan fingerprint density at radius 2 is 2.19 bits per heavy atom. The Balaban J connectivity index is 1.96. The highest BCUT2D eigenvalue weighted by atomic mass is 16.5. The molecule has 1 aliphatic heterocycles. The maximum atomic E-state index is 12.1. The molecule has 1 aromatic rings. The van der Waals surface area contributed by atoms with Gasteiger partial charge in [-0.25, -0.2) is 0 Å². The molecular formula is C17H26N2O2. The lowest BCUT2D eigenvalue weighted by Gasteiger charge is -2.29. The van der Waals surface area contributed by atoms with Gasteiger partial charge in [-0.3, -0.25) is 4.79 Å². The van der Waals surface area contributed by atoms with Crippen molar-refractivity contribution in [3.05, 3.63) is 35.9 Å². The van der Waals surface area contributed by atoms with Crippen LogP contribution < -0.4 is 5.32 Å².